The minimum Gasteiger partial charge on any atom is -0.481 e. The Balaban J connectivity index is 1.91. The quantitative estimate of drug-likeness (QED) is 0.480. The maximum absolute atomic E-state index is 14.4. The Labute approximate surface area is 148 Å². The number of benzene rings is 1. The molecule has 1 unspecified atom stereocenters. The molecule has 26 heavy (non-hydrogen) atoms. The smallest absolute Gasteiger partial charge is 0.250 e. The zero-order chi connectivity index (χ0) is 18.7. The number of rotatable bonds is 5. The van der Waals surface area contributed by atoms with Crippen molar-refractivity contribution in [2.45, 2.75) is 12.8 Å². The average Bonchev–Trinajstić information content (AvgIpc) is 2.66. The molecule has 134 valence electrons. The molecular weight excluding hydrogens is 339 g/mol. The van der Waals surface area contributed by atoms with Crippen LogP contribution in [0, 0.1) is 5.82 Å². The van der Waals surface area contributed by atoms with Crippen LogP contribution in [0.25, 0.3) is 11.0 Å². The van der Waals surface area contributed by atoms with Gasteiger partial charge in [-0.2, -0.15) is 4.98 Å². The molecule has 2 aromatic heterocycles. The number of ether oxygens (including phenoxy) is 1. The predicted octanol–water partition coefficient (Wildman–Crippen LogP) is 3.13. The van der Waals surface area contributed by atoms with Crippen LogP contribution >= 0.6 is 0 Å². The molecule has 0 fully saturated rings. The summed E-state index contributed by atoms with van der Waals surface area (Å²) < 4.78 is 19.5. The molecule has 0 bridgehead atoms. The monoisotopic (exact) mass is 356 g/mol. The first kappa shape index (κ1) is 17.6. The topological polar surface area (TPSA) is 96.4 Å². The third-order valence-corrected chi connectivity index (χ3v) is 4.04. The van der Waals surface area contributed by atoms with Crippen LogP contribution in [-0.2, 0) is 4.79 Å². The lowest BCUT2D eigenvalue weighted by molar-refractivity contribution is -0.130. The van der Waals surface area contributed by atoms with Crippen molar-refractivity contribution in [3.8, 4) is 5.88 Å². The largest absolute Gasteiger partial charge is 0.481 e. The summed E-state index contributed by atoms with van der Waals surface area (Å²) in [5.74, 6) is -1.59. The number of hydroxylamine groups is 1. The maximum Gasteiger partial charge on any atom is 0.250 e. The second kappa shape index (κ2) is 7.32. The van der Waals surface area contributed by atoms with E-state index in [-0.39, 0.29) is 5.56 Å². The van der Waals surface area contributed by atoms with E-state index in [1.165, 1.54) is 31.6 Å². The molecule has 2 heterocycles. The molecule has 1 atom stereocenters. The number of carbonyl (C=O) groups is 1. The lowest BCUT2D eigenvalue weighted by atomic mass is 9.99. The van der Waals surface area contributed by atoms with Crippen LogP contribution in [0.2, 0.25) is 0 Å². The van der Waals surface area contributed by atoms with Gasteiger partial charge in [-0.05, 0) is 31.2 Å². The Morgan fingerprint density at radius 2 is 2.08 bits per heavy atom. The number of anilines is 2. The highest BCUT2D eigenvalue weighted by atomic mass is 19.1. The zero-order valence-electron chi connectivity index (χ0n) is 14.2. The number of halogens is 1. The van der Waals surface area contributed by atoms with Crippen LogP contribution in [0.15, 0.2) is 42.6 Å². The van der Waals surface area contributed by atoms with Crippen LogP contribution in [0.4, 0.5) is 15.8 Å². The minimum absolute atomic E-state index is 0.188. The zero-order valence-corrected chi connectivity index (χ0v) is 14.2. The molecule has 3 N–H and O–H groups in total. The van der Waals surface area contributed by atoms with E-state index in [0.29, 0.717) is 22.9 Å². The number of hydrogen-bond donors (Lipinski definition) is 3. The van der Waals surface area contributed by atoms with Gasteiger partial charge in [-0.25, -0.2) is 14.9 Å². The standard InChI is InChI=1S/C18H17FN4O3/c1-10(18(24)23-25)12-4-3-11(9-14(12)19)21-15-7-8-20-17-13(15)5-6-16(22-17)26-2/h3-10,25H,1-2H3,(H,23,24)(H,20,21,22). The summed E-state index contributed by atoms with van der Waals surface area (Å²) in [6.07, 6.45) is 1.59. The second-order valence-electron chi connectivity index (χ2n) is 5.64. The maximum atomic E-state index is 14.4. The molecule has 0 saturated carbocycles. The van der Waals surface area contributed by atoms with Crippen LogP contribution in [-0.4, -0.2) is 28.2 Å². The van der Waals surface area contributed by atoms with E-state index in [4.69, 9.17) is 9.94 Å². The molecule has 0 aliphatic rings. The minimum atomic E-state index is -0.813. The number of nitrogens with zero attached hydrogens (tertiary/aromatic N) is 2. The van der Waals surface area contributed by atoms with E-state index in [1.54, 1.807) is 24.4 Å². The molecule has 1 amide bonds. The van der Waals surface area contributed by atoms with Crippen molar-refractivity contribution in [3.05, 3.63) is 54.0 Å². The van der Waals surface area contributed by atoms with Crippen LogP contribution in [0.5, 0.6) is 5.88 Å². The third-order valence-electron chi connectivity index (χ3n) is 4.04. The first-order chi connectivity index (χ1) is 12.5. The molecule has 1 aromatic carbocycles. The molecule has 0 aliphatic carbocycles. The van der Waals surface area contributed by atoms with Gasteiger partial charge >= 0.3 is 0 Å². The summed E-state index contributed by atoms with van der Waals surface area (Å²) in [7, 11) is 1.53. The third kappa shape index (κ3) is 3.40. The summed E-state index contributed by atoms with van der Waals surface area (Å²) in [4.78, 5) is 19.9. The van der Waals surface area contributed by atoms with E-state index in [9.17, 15) is 9.18 Å². The number of fused-ring (bicyclic) bond motifs is 1. The van der Waals surface area contributed by atoms with Crippen LogP contribution in [0.1, 0.15) is 18.4 Å². The van der Waals surface area contributed by atoms with E-state index in [0.717, 1.165) is 5.39 Å². The normalized spacial score (nSPS) is 11.8. The number of methoxy groups -OCH3 is 1. The van der Waals surface area contributed by atoms with E-state index < -0.39 is 17.6 Å². The van der Waals surface area contributed by atoms with Crippen molar-refractivity contribution < 1.29 is 19.1 Å². The molecule has 8 heteroatoms. The van der Waals surface area contributed by atoms with Gasteiger partial charge in [0.25, 0.3) is 5.91 Å². The summed E-state index contributed by atoms with van der Waals surface area (Å²) in [5.41, 5.74) is 3.43. The van der Waals surface area contributed by atoms with Crippen molar-refractivity contribution in [1.29, 1.82) is 0 Å². The highest BCUT2D eigenvalue weighted by Gasteiger charge is 2.18. The van der Waals surface area contributed by atoms with Crippen molar-refractivity contribution in [2.24, 2.45) is 0 Å². The molecule has 0 aliphatic heterocycles. The Morgan fingerprint density at radius 1 is 1.27 bits per heavy atom. The highest BCUT2D eigenvalue weighted by Crippen LogP contribution is 2.28. The van der Waals surface area contributed by atoms with Gasteiger partial charge in [-0.15, -0.1) is 0 Å². The fourth-order valence-electron chi connectivity index (χ4n) is 2.58. The predicted molar refractivity (Wildman–Crippen MR) is 94.1 cm³/mol. The Hall–Kier alpha value is -3.26. The molecule has 0 radical (unpaired) electrons. The number of carbonyl (C=O) groups excluding carboxylic acids is 1. The van der Waals surface area contributed by atoms with Gasteiger partial charge in [0.15, 0.2) is 5.65 Å². The number of nitrogens with one attached hydrogen (secondary N) is 2. The molecule has 0 spiro atoms. The fourth-order valence-corrected chi connectivity index (χ4v) is 2.58. The first-order valence-corrected chi connectivity index (χ1v) is 7.83. The average molecular weight is 356 g/mol. The van der Waals surface area contributed by atoms with Gasteiger partial charge in [0.2, 0.25) is 5.88 Å². The summed E-state index contributed by atoms with van der Waals surface area (Å²) in [5, 5.41) is 12.6. The van der Waals surface area contributed by atoms with Crippen molar-refractivity contribution in [1.82, 2.24) is 15.4 Å². The van der Waals surface area contributed by atoms with Gasteiger partial charge in [0.05, 0.1) is 18.7 Å². The molecule has 3 aromatic rings. The van der Waals surface area contributed by atoms with E-state index in [1.807, 2.05) is 6.07 Å². The van der Waals surface area contributed by atoms with Gasteiger partial charge < -0.3 is 10.1 Å². The SMILES string of the molecule is COc1ccc2c(Nc3ccc(C(C)C(=O)NO)c(F)c3)ccnc2n1. The number of aromatic nitrogens is 2. The lowest BCUT2D eigenvalue weighted by Crippen LogP contribution is -2.25. The fraction of sp³-hybridized carbons (Fsp3) is 0.167. The number of pyridine rings is 2. The van der Waals surface area contributed by atoms with Crippen molar-refractivity contribution in [2.75, 3.05) is 12.4 Å². The summed E-state index contributed by atoms with van der Waals surface area (Å²) in [6.45, 7) is 1.51. The molecular formula is C18H17FN4O3. The number of hydrogen-bond acceptors (Lipinski definition) is 6. The Morgan fingerprint density at radius 3 is 2.77 bits per heavy atom. The van der Waals surface area contributed by atoms with Crippen molar-refractivity contribution in [3.63, 3.8) is 0 Å². The Kier molecular flexibility index (Phi) is 4.94. The van der Waals surface area contributed by atoms with Crippen LogP contribution < -0.4 is 15.5 Å². The first-order valence-electron chi connectivity index (χ1n) is 7.83. The molecule has 7 nitrogen and oxygen atoms in total. The van der Waals surface area contributed by atoms with Crippen molar-refractivity contribution >= 4 is 28.3 Å². The Bertz CT molecular complexity index is 964. The number of amides is 1. The summed E-state index contributed by atoms with van der Waals surface area (Å²) in [6, 6.07) is 9.73. The van der Waals surface area contributed by atoms with Gasteiger partial charge in [-0.3, -0.25) is 10.0 Å². The van der Waals surface area contributed by atoms with Crippen LogP contribution in [0.3, 0.4) is 0 Å². The second-order valence-corrected chi connectivity index (χ2v) is 5.64. The summed E-state index contributed by atoms with van der Waals surface area (Å²) >= 11 is 0. The van der Waals surface area contributed by atoms with Gasteiger partial charge in [0.1, 0.15) is 5.82 Å². The van der Waals surface area contributed by atoms with Gasteiger partial charge in [-0.1, -0.05) is 6.07 Å². The molecule has 0 saturated heterocycles. The van der Waals surface area contributed by atoms with Gasteiger partial charge in [0, 0.05) is 28.9 Å². The molecule has 3 rings (SSSR count). The highest BCUT2D eigenvalue weighted by molar-refractivity contribution is 5.91. The lowest BCUT2D eigenvalue weighted by Gasteiger charge is -2.13. The van der Waals surface area contributed by atoms with E-state index in [2.05, 4.69) is 15.3 Å². The van der Waals surface area contributed by atoms with E-state index >= 15 is 0 Å².